The van der Waals surface area contributed by atoms with Crippen molar-refractivity contribution in [1.29, 1.82) is 0 Å². The largest absolute Gasteiger partial charge is 0.459 e. The molecule has 0 aromatic carbocycles. The van der Waals surface area contributed by atoms with Crippen molar-refractivity contribution < 1.29 is 19.1 Å². The summed E-state index contributed by atoms with van der Waals surface area (Å²) in [5, 5.41) is 2.04. The van der Waals surface area contributed by atoms with Gasteiger partial charge < -0.3 is 14.8 Å². The molecule has 1 N–H and O–H groups in total. The van der Waals surface area contributed by atoms with Crippen LogP contribution < -0.4 is 5.32 Å². The van der Waals surface area contributed by atoms with E-state index >= 15 is 0 Å². The van der Waals surface area contributed by atoms with E-state index in [1.54, 1.807) is 6.92 Å². The summed E-state index contributed by atoms with van der Waals surface area (Å²) in [6.07, 6.45) is 0.483. The molecule has 0 rings (SSSR count). The summed E-state index contributed by atoms with van der Waals surface area (Å²) in [4.78, 5) is 30.8. The fourth-order valence-electron chi connectivity index (χ4n) is 0.403. The molecule has 0 heterocycles. The van der Waals surface area contributed by atoms with Crippen molar-refractivity contribution in [3.05, 3.63) is 0 Å². The summed E-state index contributed by atoms with van der Waals surface area (Å²) in [5.74, 6) is -1.85. The Balaban J connectivity index is 3.64. The molecule has 0 unspecified atom stereocenters. The van der Waals surface area contributed by atoms with E-state index in [4.69, 9.17) is 0 Å². The molecule has 1 amide bonds. The molecular formula is C6H9NO4. The lowest BCUT2D eigenvalue weighted by Crippen LogP contribution is -2.33. The van der Waals surface area contributed by atoms with E-state index in [1.807, 2.05) is 5.32 Å². The second-order valence-electron chi connectivity index (χ2n) is 1.60. The zero-order chi connectivity index (χ0) is 8.69. The summed E-state index contributed by atoms with van der Waals surface area (Å²) in [6.45, 7) is 1.57. The Labute approximate surface area is 63.7 Å². The normalized spacial score (nSPS) is 8.45. The van der Waals surface area contributed by atoms with Crippen LogP contribution in [-0.4, -0.2) is 31.3 Å². The third kappa shape index (κ3) is 4.07. The van der Waals surface area contributed by atoms with Crippen LogP contribution in [0.15, 0.2) is 0 Å². The first-order valence-corrected chi connectivity index (χ1v) is 3.11. The highest BCUT2D eigenvalue weighted by molar-refractivity contribution is 6.32. The number of ether oxygens (including phenoxy) is 1. The molecule has 0 fully saturated rings. The van der Waals surface area contributed by atoms with Crippen molar-refractivity contribution in [3.63, 3.8) is 0 Å². The van der Waals surface area contributed by atoms with E-state index in [0.717, 1.165) is 0 Å². The Morgan fingerprint density at radius 3 is 2.64 bits per heavy atom. The molecule has 5 nitrogen and oxygen atoms in total. The number of aldehydes is 1. The van der Waals surface area contributed by atoms with E-state index in [1.165, 1.54) is 0 Å². The van der Waals surface area contributed by atoms with Crippen molar-refractivity contribution in [3.8, 4) is 0 Å². The molecule has 0 aliphatic rings. The molecular weight excluding hydrogens is 150 g/mol. The maximum Gasteiger partial charge on any atom is 0.396 e. The first-order valence-electron chi connectivity index (χ1n) is 3.11. The molecule has 0 bridgehead atoms. The summed E-state index contributed by atoms with van der Waals surface area (Å²) in [7, 11) is 0. The van der Waals surface area contributed by atoms with Crippen LogP contribution in [-0.2, 0) is 19.1 Å². The van der Waals surface area contributed by atoms with Crippen LogP contribution in [0.4, 0.5) is 0 Å². The van der Waals surface area contributed by atoms with Crippen molar-refractivity contribution in [2.75, 3.05) is 13.2 Å². The topological polar surface area (TPSA) is 72.5 Å². The van der Waals surface area contributed by atoms with Crippen LogP contribution in [0.25, 0.3) is 0 Å². The Hall–Kier alpha value is -1.39. The highest BCUT2D eigenvalue weighted by Gasteiger charge is 2.12. The van der Waals surface area contributed by atoms with Gasteiger partial charge in [-0.25, -0.2) is 4.79 Å². The van der Waals surface area contributed by atoms with Crippen molar-refractivity contribution in [2.24, 2.45) is 0 Å². The molecule has 0 radical (unpaired) electrons. The molecule has 0 atom stereocenters. The highest BCUT2D eigenvalue weighted by atomic mass is 16.5. The highest BCUT2D eigenvalue weighted by Crippen LogP contribution is 1.76. The number of hydrogen-bond donors (Lipinski definition) is 1. The standard InChI is InChI=1S/C6H9NO4/c1-2-11-6(10)5(9)7-3-4-8/h4H,2-3H2,1H3,(H,7,9). The van der Waals surface area contributed by atoms with Gasteiger partial charge in [-0.1, -0.05) is 0 Å². The second-order valence-corrected chi connectivity index (χ2v) is 1.60. The average molecular weight is 159 g/mol. The maximum absolute atomic E-state index is 10.5. The smallest absolute Gasteiger partial charge is 0.396 e. The zero-order valence-electron chi connectivity index (χ0n) is 6.12. The van der Waals surface area contributed by atoms with Crippen molar-refractivity contribution in [1.82, 2.24) is 5.32 Å². The summed E-state index contributed by atoms with van der Waals surface area (Å²) >= 11 is 0. The fraction of sp³-hybridized carbons (Fsp3) is 0.500. The van der Waals surface area contributed by atoms with Crippen LogP contribution in [0, 0.1) is 0 Å². The fourth-order valence-corrected chi connectivity index (χ4v) is 0.403. The molecule has 0 aromatic rings. The third-order valence-corrected chi connectivity index (χ3v) is 0.807. The molecule has 0 saturated heterocycles. The minimum Gasteiger partial charge on any atom is -0.459 e. The van der Waals surface area contributed by atoms with Gasteiger partial charge in [0.1, 0.15) is 6.29 Å². The molecule has 11 heavy (non-hydrogen) atoms. The molecule has 0 saturated carbocycles. The van der Waals surface area contributed by atoms with E-state index < -0.39 is 11.9 Å². The molecule has 0 aliphatic heterocycles. The summed E-state index contributed by atoms with van der Waals surface area (Å²) < 4.78 is 4.33. The average Bonchev–Trinajstić information content (AvgIpc) is 2.00. The zero-order valence-corrected chi connectivity index (χ0v) is 6.12. The van der Waals surface area contributed by atoms with Crippen molar-refractivity contribution in [2.45, 2.75) is 6.92 Å². The molecule has 0 aromatic heterocycles. The quantitative estimate of drug-likeness (QED) is 0.321. The first kappa shape index (κ1) is 9.61. The minimum atomic E-state index is -0.964. The summed E-state index contributed by atoms with van der Waals surface area (Å²) in [5.41, 5.74) is 0. The van der Waals surface area contributed by atoms with Gasteiger partial charge in [-0.2, -0.15) is 0 Å². The summed E-state index contributed by atoms with van der Waals surface area (Å²) in [6, 6.07) is 0. The number of carbonyl (C=O) groups is 3. The van der Waals surface area contributed by atoms with Gasteiger partial charge in [-0.15, -0.1) is 0 Å². The van der Waals surface area contributed by atoms with Gasteiger partial charge in [0.25, 0.3) is 0 Å². The molecule has 0 aliphatic carbocycles. The van der Waals surface area contributed by atoms with E-state index in [-0.39, 0.29) is 13.2 Å². The van der Waals surface area contributed by atoms with E-state index in [9.17, 15) is 14.4 Å². The maximum atomic E-state index is 10.5. The number of carbonyl (C=O) groups excluding carboxylic acids is 3. The Morgan fingerprint density at radius 1 is 1.55 bits per heavy atom. The Kier molecular flexibility index (Phi) is 4.72. The predicted octanol–water partition coefficient (Wildman–Crippen LogP) is -1.14. The molecule has 0 spiro atoms. The van der Waals surface area contributed by atoms with E-state index in [0.29, 0.717) is 6.29 Å². The van der Waals surface area contributed by atoms with Gasteiger partial charge >= 0.3 is 11.9 Å². The Morgan fingerprint density at radius 2 is 2.18 bits per heavy atom. The molecule has 62 valence electrons. The minimum absolute atomic E-state index is 0.146. The number of nitrogens with one attached hydrogen (secondary N) is 1. The van der Waals surface area contributed by atoms with Crippen LogP contribution in [0.3, 0.4) is 0 Å². The number of rotatable bonds is 3. The van der Waals surface area contributed by atoms with Gasteiger partial charge in [-0.3, -0.25) is 4.79 Å². The van der Waals surface area contributed by atoms with Crippen LogP contribution in [0.1, 0.15) is 6.92 Å². The Bertz CT molecular complexity index is 166. The second kappa shape index (κ2) is 5.40. The van der Waals surface area contributed by atoms with Crippen LogP contribution >= 0.6 is 0 Å². The lowest BCUT2D eigenvalue weighted by molar-refractivity contribution is -0.154. The predicted molar refractivity (Wildman–Crippen MR) is 35.7 cm³/mol. The van der Waals surface area contributed by atoms with Gasteiger partial charge in [0, 0.05) is 0 Å². The van der Waals surface area contributed by atoms with Crippen LogP contribution in [0.2, 0.25) is 0 Å². The SMILES string of the molecule is CCOC(=O)C(=O)NCC=O. The van der Waals surface area contributed by atoms with Gasteiger partial charge in [0.15, 0.2) is 0 Å². The van der Waals surface area contributed by atoms with E-state index in [2.05, 4.69) is 4.74 Å². The number of amides is 1. The van der Waals surface area contributed by atoms with Gasteiger partial charge in [0.2, 0.25) is 0 Å². The van der Waals surface area contributed by atoms with Gasteiger partial charge in [-0.05, 0) is 6.92 Å². The number of esters is 1. The van der Waals surface area contributed by atoms with Gasteiger partial charge in [0.05, 0.1) is 13.2 Å². The number of hydrogen-bond acceptors (Lipinski definition) is 4. The first-order chi connectivity index (χ1) is 5.22. The lowest BCUT2D eigenvalue weighted by Gasteiger charge is -1.99. The monoisotopic (exact) mass is 159 g/mol. The molecule has 5 heteroatoms. The van der Waals surface area contributed by atoms with Crippen LogP contribution in [0.5, 0.6) is 0 Å². The lowest BCUT2D eigenvalue weighted by atomic mass is 10.6. The third-order valence-electron chi connectivity index (χ3n) is 0.807. The van der Waals surface area contributed by atoms with Crippen molar-refractivity contribution >= 4 is 18.2 Å².